The highest BCUT2D eigenvalue weighted by atomic mass is 32.2. The van der Waals surface area contributed by atoms with Gasteiger partial charge >= 0.3 is 0 Å². The Morgan fingerprint density at radius 1 is 1.38 bits per heavy atom. The molecule has 0 saturated heterocycles. The number of ether oxygens (including phenoxy) is 1. The van der Waals surface area contributed by atoms with Crippen molar-refractivity contribution in [1.29, 1.82) is 5.26 Å². The van der Waals surface area contributed by atoms with Crippen LogP contribution in [0.1, 0.15) is 11.1 Å². The number of hydrogen-bond acceptors (Lipinski definition) is 5. The lowest BCUT2D eigenvalue weighted by Gasteiger charge is -2.10. The van der Waals surface area contributed by atoms with Crippen LogP contribution in [0, 0.1) is 18.3 Å². The summed E-state index contributed by atoms with van der Waals surface area (Å²) >= 11 is 1.44. The third-order valence-electron chi connectivity index (χ3n) is 3.05. The number of benzene rings is 1. The van der Waals surface area contributed by atoms with Gasteiger partial charge in [0.15, 0.2) is 5.16 Å². The van der Waals surface area contributed by atoms with E-state index >= 15 is 0 Å². The Bertz CT molecular complexity index is 603. The van der Waals surface area contributed by atoms with Gasteiger partial charge in [-0.15, -0.1) is 10.2 Å². The Labute approximate surface area is 128 Å². The summed E-state index contributed by atoms with van der Waals surface area (Å²) in [6.45, 7) is 3.34. The van der Waals surface area contributed by atoms with Crippen molar-refractivity contribution in [3.8, 4) is 6.07 Å². The maximum atomic E-state index is 9.35. The predicted octanol–water partition coefficient (Wildman–Crippen LogP) is 2.46. The van der Waals surface area contributed by atoms with Crippen LogP contribution in [-0.2, 0) is 17.7 Å². The van der Waals surface area contributed by atoms with Gasteiger partial charge in [0.2, 0.25) is 0 Å². The van der Waals surface area contributed by atoms with Crippen molar-refractivity contribution < 1.29 is 4.74 Å². The molecule has 110 valence electrons. The molecule has 1 aromatic carbocycles. The number of rotatable bonds is 7. The van der Waals surface area contributed by atoms with E-state index in [-0.39, 0.29) is 5.25 Å². The van der Waals surface area contributed by atoms with Crippen LogP contribution in [0.15, 0.2) is 35.7 Å². The molecule has 1 heterocycles. The van der Waals surface area contributed by atoms with E-state index in [9.17, 15) is 5.26 Å². The lowest BCUT2D eigenvalue weighted by Crippen LogP contribution is -2.09. The molecule has 0 N–H and O–H groups in total. The van der Waals surface area contributed by atoms with Gasteiger partial charge in [-0.3, -0.25) is 0 Å². The van der Waals surface area contributed by atoms with E-state index in [0.29, 0.717) is 19.6 Å². The maximum absolute atomic E-state index is 9.35. The minimum absolute atomic E-state index is 0.182. The highest BCUT2D eigenvalue weighted by Gasteiger charge is 2.15. The molecule has 0 radical (unpaired) electrons. The van der Waals surface area contributed by atoms with Crippen LogP contribution in [0.2, 0.25) is 0 Å². The molecule has 5 nitrogen and oxygen atoms in total. The Kier molecular flexibility index (Phi) is 5.78. The summed E-state index contributed by atoms with van der Waals surface area (Å²) in [5, 5.41) is 17.9. The first kappa shape index (κ1) is 15.5. The molecule has 1 atom stereocenters. The highest BCUT2D eigenvalue weighted by Crippen LogP contribution is 2.23. The normalized spacial score (nSPS) is 12.0. The van der Waals surface area contributed by atoms with Gasteiger partial charge in [-0.05, 0) is 18.9 Å². The third kappa shape index (κ3) is 4.59. The molecular weight excluding hydrogens is 284 g/mol. The van der Waals surface area contributed by atoms with Gasteiger partial charge in [-0.1, -0.05) is 41.6 Å². The van der Waals surface area contributed by atoms with Gasteiger partial charge in [-0.2, -0.15) is 5.26 Å². The molecule has 2 aromatic rings. The van der Waals surface area contributed by atoms with Crippen molar-refractivity contribution in [3.05, 3.63) is 41.7 Å². The van der Waals surface area contributed by atoms with Gasteiger partial charge in [0.1, 0.15) is 11.6 Å². The Morgan fingerprint density at radius 2 is 2.14 bits per heavy atom. The number of methoxy groups -OCH3 is 1. The molecular formula is C15H18N4OS. The number of nitrogens with zero attached hydrogens (tertiary/aromatic N) is 4. The zero-order chi connectivity index (χ0) is 15.1. The lowest BCUT2D eigenvalue weighted by atomic mass is 10.1. The monoisotopic (exact) mass is 302 g/mol. The van der Waals surface area contributed by atoms with Gasteiger partial charge in [0.05, 0.1) is 12.7 Å². The SMILES string of the molecule is COCCn1cnnc1S[C@@H](C#N)Cc1ccc(C)cc1. The summed E-state index contributed by atoms with van der Waals surface area (Å²) in [6.07, 6.45) is 2.36. The largest absolute Gasteiger partial charge is 0.383 e. The lowest BCUT2D eigenvalue weighted by molar-refractivity contribution is 0.184. The first-order chi connectivity index (χ1) is 10.2. The Hall–Kier alpha value is -1.84. The van der Waals surface area contributed by atoms with E-state index in [4.69, 9.17) is 4.74 Å². The van der Waals surface area contributed by atoms with Gasteiger partial charge < -0.3 is 9.30 Å². The van der Waals surface area contributed by atoms with Gasteiger partial charge in [0, 0.05) is 13.7 Å². The fourth-order valence-electron chi connectivity index (χ4n) is 1.86. The second kappa shape index (κ2) is 7.81. The molecule has 21 heavy (non-hydrogen) atoms. The highest BCUT2D eigenvalue weighted by molar-refractivity contribution is 8.00. The predicted molar refractivity (Wildman–Crippen MR) is 82.0 cm³/mol. The summed E-state index contributed by atoms with van der Waals surface area (Å²) in [7, 11) is 1.66. The van der Waals surface area contributed by atoms with E-state index in [1.807, 2.05) is 4.57 Å². The van der Waals surface area contributed by atoms with Crippen molar-refractivity contribution in [2.45, 2.75) is 30.3 Å². The van der Waals surface area contributed by atoms with E-state index in [1.54, 1.807) is 13.4 Å². The number of nitriles is 1. The van der Waals surface area contributed by atoms with Crippen molar-refractivity contribution in [1.82, 2.24) is 14.8 Å². The standard InChI is InChI=1S/C15H18N4OS/c1-12-3-5-13(6-4-12)9-14(10-16)21-15-18-17-11-19(15)7-8-20-2/h3-6,11,14H,7-9H2,1-2H3/t14-/m1/s1. The molecule has 6 heteroatoms. The molecule has 2 rings (SSSR count). The second-order valence-electron chi connectivity index (χ2n) is 4.73. The summed E-state index contributed by atoms with van der Waals surface area (Å²) in [5.74, 6) is 0. The van der Waals surface area contributed by atoms with Crippen LogP contribution >= 0.6 is 11.8 Å². The molecule has 0 aliphatic carbocycles. The van der Waals surface area contributed by atoms with Crippen molar-refractivity contribution in [2.75, 3.05) is 13.7 Å². The molecule has 0 aliphatic heterocycles. The fraction of sp³-hybridized carbons (Fsp3) is 0.400. The van der Waals surface area contributed by atoms with Crippen LogP contribution in [0.4, 0.5) is 0 Å². The summed E-state index contributed by atoms with van der Waals surface area (Å²) in [4.78, 5) is 0. The third-order valence-corrected chi connectivity index (χ3v) is 4.13. The maximum Gasteiger partial charge on any atom is 0.192 e. The first-order valence-corrected chi connectivity index (χ1v) is 7.59. The molecule has 0 saturated carbocycles. The van der Waals surface area contributed by atoms with Crippen molar-refractivity contribution in [3.63, 3.8) is 0 Å². The fourth-order valence-corrected chi connectivity index (χ4v) is 2.81. The van der Waals surface area contributed by atoms with Crippen LogP contribution < -0.4 is 0 Å². The zero-order valence-corrected chi connectivity index (χ0v) is 13.0. The van der Waals surface area contributed by atoms with E-state index < -0.39 is 0 Å². The van der Waals surface area contributed by atoms with E-state index in [0.717, 1.165) is 10.7 Å². The van der Waals surface area contributed by atoms with Gasteiger partial charge in [-0.25, -0.2) is 0 Å². The Morgan fingerprint density at radius 3 is 2.81 bits per heavy atom. The van der Waals surface area contributed by atoms with Crippen molar-refractivity contribution >= 4 is 11.8 Å². The smallest absolute Gasteiger partial charge is 0.192 e. The van der Waals surface area contributed by atoms with Crippen LogP contribution in [0.5, 0.6) is 0 Å². The van der Waals surface area contributed by atoms with Crippen molar-refractivity contribution in [2.24, 2.45) is 0 Å². The topological polar surface area (TPSA) is 63.7 Å². The molecule has 0 amide bonds. The first-order valence-electron chi connectivity index (χ1n) is 6.71. The van der Waals surface area contributed by atoms with E-state index in [2.05, 4.69) is 47.5 Å². The molecule has 0 bridgehead atoms. The zero-order valence-electron chi connectivity index (χ0n) is 12.2. The summed E-state index contributed by atoms with van der Waals surface area (Å²) in [5.41, 5.74) is 2.38. The quantitative estimate of drug-likeness (QED) is 0.735. The minimum atomic E-state index is -0.182. The summed E-state index contributed by atoms with van der Waals surface area (Å²) in [6, 6.07) is 10.6. The average Bonchev–Trinajstić information content (AvgIpc) is 2.93. The number of aryl methyl sites for hydroxylation is 1. The van der Waals surface area contributed by atoms with Gasteiger partial charge in [0.25, 0.3) is 0 Å². The average molecular weight is 302 g/mol. The molecule has 1 aromatic heterocycles. The molecule has 0 fully saturated rings. The van der Waals surface area contributed by atoms with Crippen LogP contribution in [0.25, 0.3) is 0 Å². The summed E-state index contributed by atoms with van der Waals surface area (Å²) < 4.78 is 6.97. The van der Waals surface area contributed by atoms with Crippen LogP contribution in [-0.4, -0.2) is 33.7 Å². The molecule has 0 aliphatic rings. The number of thioether (sulfide) groups is 1. The molecule has 0 spiro atoms. The second-order valence-corrected chi connectivity index (χ2v) is 5.89. The van der Waals surface area contributed by atoms with E-state index in [1.165, 1.54) is 17.3 Å². The van der Waals surface area contributed by atoms with Crippen LogP contribution in [0.3, 0.4) is 0 Å². The minimum Gasteiger partial charge on any atom is -0.383 e. The number of hydrogen-bond donors (Lipinski definition) is 0. The Balaban J connectivity index is 2.01. The number of aromatic nitrogens is 3. The molecule has 0 unspecified atom stereocenters.